The van der Waals surface area contributed by atoms with Gasteiger partial charge in [-0.1, -0.05) is 59.9 Å². The molecule has 21 heavy (non-hydrogen) atoms. The molecule has 0 radical (unpaired) electrons. The van der Waals surface area contributed by atoms with Gasteiger partial charge in [0.05, 0.1) is 0 Å². The number of halogens is 3. The molecule has 0 spiro atoms. The number of hydrogen-bond acceptors (Lipinski definition) is 0. The second kappa shape index (κ2) is 11.3. The van der Waals surface area contributed by atoms with Crippen molar-refractivity contribution in [3.63, 3.8) is 0 Å². The summed E-state index contributed by atoms with van der Waals surface area (Å²) in [6.45, 7) is 9.73. The quantitative estimate of drug-likeness (QED) is 0.313. The van der Waals surface area contributed by atoms with E-state index in [1.807, 2.05) is 0 Å². The molecule has 0 heterocycles. The maximum absolute atomic E-state index is 5.00. The average molecular weight is 449 g/mol. The summed E-state index contributed by atoms with van der Waals surface area (Å²) in [6, 6.07) is 0. The van der Waals surface area contributed by atoms with Crippen molar-refractivity contribution in [3.05, 3.63) is 31.7 Å². The van der Waals surface area contributed by atoms with Crippen LogP contribution in [0.15, 0.2) is 24.3 Å². The van der Waals surface area contributed by atoms with Gasteiger partial charge in [0.1, 0.15) is 0 Å². The molecule has 0 amide bonds. The molecule has 0 aliphatic heterocycles. The molecule has 1 fully saturated rings. The van der Waals surface area contributed by atoms with Crippen LogP contribution in [-0.2, 0) is 18.2 Å². The molecule has 2 aliphatic carbocycles. The van der Waals surface area contributed by atoms with Crippen molar-refractivity contribution < 1.29 is 18.2 Å². The Morgan fingerprint density at radius 3 is 1.90 bits per heavy atom. The molecule has 0 aromatic carbocycles. The minimum absolute atomic E-state index is 0. The van der Waals surface area contributed by atoms with Crippen LogP contribution in [0.1, 0.15) is 40.5 Å². The van der Waals surface area contributed by atoms with Gasteiger partial charge < -0.3 is 7.43 Å². The van der Waals surface area contributed by atoms with Crippen LogP contribution in [0.4, 0.5) is 0 Å². The molecule has 2 aliphatic rings. The molecule has 0 nitrogen and oxygen atoms in total. The molecule has 0 aromatic rings. The van der Waals surface area contributed by atoms with E-state index >= 15 is 0 Å². The first-order valence-electron chi connectivity index (χ1n) is 7.30. The molecule has 5 heteroatoms. The second-order valence-corrected chi connectivity index (χ2v) is 20.8. The van der Waals surface area contributed by atoms with Gasteiger partial charge in [0.2, 0.25) is 0 Å². The van der Waals surface area contributed by atoms with Crippen LogP contribution in [0, 0.1) is 19.3 Å². The molecular formula is C16H28Cl3PZr-. The van der Waals surface area contributed by atoms with Crippen molar-refractivity contribution in [1.82, 2.24) is 0 Å². The summed E-state index contributed by atoms with van der Waals surface area (Å²) >= 11 is -2.13. The molecule has 0 bridgehead atoms. The van der Waals surface area contributed by atoms with E-state index in [0.717, 1.165) is 28.8 Å². The third-order valence-corrected chi connectivity index (χ3v) is 7.87. The van der Waals surface area contributed by atoms with Gasteiger partial charge >= 0.3 is 43.7 Å². The van der Waals surface area contributed by atoms with Gasteiger partial charge in [0, 0.05) is 0 Å². The fourth-order valence-corrected chi connectivity index (χ4v) is 7.53. The Kier molecular flexibility index (Phi) is 12.1. The molecule has 0 aromatic heterocycles. The third kappa shape index (κ3) is 7.39. The topological polar surface area (TPSA) is 0 Å². The summed E-state index contributed by atoms with van der Waals surface area (Å²) in [5.74, 6) is 1.72. The van der Waals surface area contributed by atoms with Crippen molar-refractivity contribution in [2.75, 3.05) is 0 Å². The van der Waals surface area contributed by atoms with E-state index in [9.17, 15) is 0 Å². The Hall–Kier alpha value is 1.66. The molecule has 123 valence electrons. The predicted octanol–water partition coefficient (Wildman–Crippen LogP) is 7.32. The van der Waals surface area contributed by atoms with Gasteiger partial charge in [-0.25, -0.2) is 0 Å². The molecule has 0 saturated heterocycles. The van der Waals surface area contributed by atoms with Crippen molar-refractivity contribution in [3.8, 4) is 0 Å². The van der Waals surface area contributed by atoms with Crippen LogP contribution in [0.3, 0.4) is 0 Å². The van der Waals surface area contributed by atoms with Gasteiger partial charge in [-0.05, 0) is 41.7 Å². The van der Waals surface area contributed by atoms with E-state index in [4.69, 9.17) is 25.5 Å². The molecule has 3 unspecified atom stereocenters. The monoisotopic (exact) mass is 446 g/mol. The maximum atomic E-state index is 5.00. The Bertz CT molecular complexity index is 332. The molecule has 3 atom stereocenters. The van der Waals surface area contributed by atoms with Crippen LogP contribution in [0.5, 0.6) is 0 Å². The normalized spacial score (nSPS) is 26.5. The zero-order valence-electron chi connectivity index (χ0n) is 13.7. The first-order valence-corrected chi connectivity index (χ1v) is 18.3. The summed E-state index contributed by atoms with van der Waals surface area (Å²) in [5.41, 5.74) is 2.76. The van der Waals surface area contributed by atoms with E-state index in [0.29, 0.717) is 0 Å². The summed E-state index contributed by atoms with van der Waals surface area (Å²) in [5, 5.41) is 0. The van der Waals surface area contributed by atoms with Gasteiger partial charge in [0.15, 0.2) is 0 Å². The van der Waals surface area contributed by atoms with Crippen molar-refractivity contribution in [2.24, 2.45) is 11.8 Å². The van der Waals surface area contributed by atoms with E-state index in [2.05, 4.69) is 52.0 Å². The van der Waals surface area contributed by atoms with Crippen LogP contribution in [0.2, 0.25) is 0 Å². The van der Waals surface area contributed by atoms with Crippen molar-refractivity contribution in [1.29, 1.82) is 0 Å². The first-order chi connectivity index (χ1) is 9.34. The zero-order chi connectivity index (χ0) is 15.3. The second-order valence-electron chi connectivity index (χ2n) is 6.00. The van der Waals surface area contributed by atoms with E-state index in [1.165, 1.54) is 12.8 Å². The summed E-state index contributed by atoms with van der Waals surface area (Å²) in [6.07, 6.45) is 12.3. The van der Waals surface area contributed by atoms with Gasteiger partial charge in [-0.15, -0.1) is 0 Å². The standard InChI is InChI=1S/C15H25P.CH3.3ClH.Zr/c1-11(2)16(12(3)4)15-10-9-13-7-5-6-8-14(13)15;;;;;/h5-8,11-15H,9-10H2,1-4H3;1H3;3*1H;/q;-1;;;;+3/p-3. The van der Waals surface area contributed by atoms with Crippen LogP contribution in [-0.4, -0.2) is 17.0 Å². The van der Waals surface area contributed by atoms with Crippen LogP contribution in [0.25, 0.3) is 0 Å². The fraction of sp³-hybridized carbons (Fsp3) is 0.688. The third-order valence-electron chi connectivity index (χ3n) is 4.11. The molecule has 0 N–H and O–H groups in total. The van der Waals surface area contributed by atoms with Gasteiger partial charge in [-0.3, -0.25) is 0 Å². The Labute approximate surface area is 151 Å². The number of rotatable bonds is 3. The predicted molar refractivity (Wildman–Crippen MR) is 99.4 cm³/mol. The van der Waals surface area contributed by atoms with Gasteiger partial charge in [-0.2, -0.15) is 0 Å². The van der Waals surface area contributed by atoms with Crippen molar-refractivity contribution in [2.45, 2.75) is 57.5 Å². The average Bonchev–Trinajstić information content (AvgIpc) is 2.72. The van der Waals surface area contributed by atoms with Crippen LogP contribution >= 0.6 is 33.5 Å². The fourth-order valence-electron chi connectivity index (χ4n) is 3.64. The molecule has 2 rings (SSSR count). The SMILES string of the molecule is CC(C)P(C(C)C)C1CCC2C=CC=CC21.[CH3-].[Cl][Zr]([Cl])[Cl]. The van der Waals surface area contributed by atoms with E-state index < -0.39 is 18.2 Å². The molecular weight excluding hydrogens is 421 g/mol. The minimum atomic E-state index is -2.13. The Morgan fingerprint density at radius 2 is 1.43 bits per heavy atom. The summed E-state index contributed by atoms with van der Waals surface area (Å²) in [4.78, 5) is 0. The number of fused-ring (bicyclic) bond motifs is 1. The summed E-state index contributed by atoms with van der Waals surface area (Å²) < 4.78 is 0. The Balaban J connectivity index is 0.000000715. The number of allylic oxidation sites excluding steroid dienone is 4. The van der Waals surface area contributed by atoms with Gasteiger partial charge in [0.25, 0.3) is 0 Å². The zero-order valence-corrected chi connectivity index (χ0v) is 19.3. The summed E-state index contributed by atoms with van der Waals surface area (Å²) in [7, 11) is 15.2. The van der Waals surface area contributed by atoms with E-state index in [-0.39, 0.29) is 15.3 Å². The Morgan fingerprint density at radius 1 is 0.952 bits per heavy atom. The first kappa shape index (κ1) is 22.7. The van der Waals surface area contributed by atoms with Crippen molar-refractivity contribution >= 4 is 33.5 Å². The van der Waals surface area contributed by atoms with E-state index in [1.54, 1.807) is 0 Å². The number of hydrogen-bond donors (Lipinski definition) is 0. The van der Waals surface area contributed by atoms with Crippen LogP contribution < -0.4 is 0 Å². The molecule has 1 saturated carbocycles.